The van der Waals surface area contributed by atoms with E-state index >= 15 is 0 Å². The molecule has 1 unspecified atom stereocenters. The molecular formula is C45H82N2. The lowest BCUT2D eigenvalue weighted by molar-refractivity contribution is 0.482. The van der Waals surface area contributed by atoms with Crippen LogP contribution < -0.4 is 0 Å². The second-order valence-electron chi connectivity index (χ2n) is 15.2. The molecule has 1 heterocycles. The summed E-state index contributed by atoms with van der Waals surface area (Å²) in [5.41, 5.74) is 3.12. The Bertz CT molecular complexity index is 824. The van der Waals surface area contributed by atoms with E-state index < -0.39 is 0 Å². The molecule has 2 nitrogen and oxygen atoms in total. The monoisotopic (exact) mass is 651 g/mol. The molecule has 0 aliphatic carbocycles. The van der Waals surface area contributed by atoms with E-state index in [0.717, 1.165) is 5.56 Å². The number of unbranched alkanes of at least 4 members (excludes halogenated alkanes) is 31. The molecule has 0 spiro atoms. The van der Waals surface area contributed by atoms with Crippen LogP contribution in [0.1, 0.15) is 261 Å². The van der Waals surface area contributed by atoms with Crippen LogP contribution in [0.4, 0.5) is 0 Å². The molecule has 47 heavy (non-hydrogen) atoms. The van der Waals surface area contributed by atoms with Gasteiger partial charge in [0, 0.05) is 6.20 Å². The minimum absolute atomic E-state index is 0.593. The molecule has 272 valence electrons. The standard InChI is InChI=1S/C45H82N2/c1-4-6-8-10-11-12-13-14-15-16-17-18-19-20-21-22-23-24-25-26-27-28-29-30-31-32-34-36-38-43(37-35-33-9-7-5-2)44-39-40-47-45(41-46)42(44)3/h39-40,43H,4-38H2,1-3H3. The predicted molar refractivity (Wildman–Crippen MR) is 209 cm³/mol. The van der Waals surface area contributed by atoms with Crippen molar-refractivity contribution in [3.63, 3.8) is 0 Å². The highest BCUT2D eigenvalue weighted by atomic mass is 14.7. The SMILES string of the molecule is CCCCCCCCCCCCCCCCCCCCCCCCCCCCCCC(CCCCCCC)c1ccnc(C#N)c1C. The van der Waals surface area contributed by atoms with Gasteiger partial charge < -0.3 is 0 Å². The summed E-state index contributed by atoms with van der Waals surface area (Å²) in [5.74, 6) is 0.593. The number of aromatic nitrogens is 1. The Morgan fingerprint density at radius 2 is 0.745 bits per heavy atom. The second kappa shape index (κ2) is 34.5. The lowest BCUT2D eigenvalue weighted by Gasteiger charge is -2.20. The van der Waals surface area contributed by atoms with Crippen molar-refractivity contribution >= 4 is 0 Å². The van der Waals surface area contributed by atoms with Crippen LogP contribution in [0.2, 0.25) is 0 Å². The van der Waals surface area contributed by atoms with E-state index in [-0.39, 0.29) is 0 Å². The molecule has 0 saturated carbocycles. The molecule has 0 saturated heterocycles. The Labute approximate surface area is 296 Å². The fraction of sp³-hybridized carbons (Fsp3) is 0.867. The summed E-state index contributed by atoms with van der Waals surface area (Å²) in [6.45, 7) is 6.70. The van der Waals surface area contributed by atoms with Gasteiger partial charge in [-0.2, -0.15) is 5.26 Å². The van der Waals surface area contributed by atoms with E-state index in [4.69, 9.17) is 0 Å². The third-order valence-electron chi connectivity index (χ3n) is 10.9. The molecule has 1 aromatic rings. The van der Waals surface area contributed by atoms with Crippen LogP contribution in [0, 0.1) is 18.3 Å². The van der Waals surface area contributed by atoms with Crippen molar-refractivity contribution in [3.8, 4) is 6.07 Å². The maximum atomic E-state index is 9.47. The Morgan fingerprint density at radius 1 is 0.468 bits per heavy atom. The normalized spacial score (nSPS) is 12.0. The molecule has 0 radical (unpaired) electrons. The van der Waals surface area contributed by atoms with Crippen LogP contribution in [0.25, 0.3) is 0 Å². The first-order chi connectivity index (χ1) is 23.2. The number of hydrogen-bond donors (Lipinski definition) is 0. The highest BCUT2D eigenvalue weighted by Gasteiger charge is 2.16. The quantitative estimate of drug-likeness (QED) is 0.0678. The topological polar surface area (TPSA) is 36.7 Å². The fourth-order valence-electron chi connectivity index (χ4n) is 7.62. The summed E-state index contributed by atoms with van der Waals surface area (Å²) in [5, 5.41) is 9.47. The van der Waals surface area contributed by atoms with E-state index in [9.17, 15) is 5.26 Å². The molecule has 0 aliphatic heterocycles. The van der Waals surface area contributed by atoms with Gasteiger partial charge in [-0.05, 0) is 42.9 Å². The van der Waals surface area contributed by atoms with E-state index in [2.05, 4.69) is 37.9 Å². The molecule has 2 heteroatoms. The molecular weight excluding hydrogens is 569 g/mol. The first-order valence-electron chi connectivity index (χ1n) is 21.6. The van der Waals surface area contributed by atoms with E-state index in [0.29, 0.717) is 11.6 Å². The van der Waals surface area contributed by atoms with Gasteiger partial charge in [-0.15, -0.1) is 0 Å². The van der Waals surface area contributed by atoms with Crippen molar-refractivity contribution in [2.45, 2.75) is 251 Å². The highest BCUT2D eigenvalue weighted by Crippen LogP contribution is 2.31. The minimum Gasteiger partial charge on any atom is -0.245 e. The maximum absolute atomic E-state index is 9.47. The molecule has 0 fully saturated rings. The lowest BCUT2D eigenvalue weighted by Crippen LogP contribution is -2.04. The summed E-state index contributed by atoms with van der Waals surface area (Å²) in [6.07, 6.45) is 51.7. The van der Waals surface area contributed by atoms with Crippen molar-refractivity contribution < 1.29 is 0 Å². The molecule has 0 aromatic carbocycles. The zero-order valence-electron chi connectivity index (χ0n) is 32.4. The van der Waals surface area contributed by atoms with Crippen molar-refractivity contribution in [1.82, 2.24) is 4.98 Å². The van der Waals surface area contributed by atoms with Crippen molar-refractivity contribution in [2.75, 3.05) is 0 Å². The Balaban J connectivity index is 1.89. The van der Waals surface area contributed by atoms with E-state index in [1.54, 1.807) is 0 Å². The van der Waals surface area contributed by atoms with E-state index in [1.807, 2.05) is 6.20 Å². The van der Waals surface area contributed by atoms with Gasteiger partial charge in [-0.25, -0.2) is 4.98 Å². The van der Waals surface area contributed by atoms with Crippen LogP contribution in [0.5, 0.6) is 0 Å². The van der Waals surface area contributed by atoms with Crippen LogP contribution in [0.3, 0.4) is 0 Å². The summed E-state index contributed by atoms with van der Waals surface area (Å²) >= 11 is 0. The smallest absolute Gasteiger partial charge is 0.143 e. The number of hydrogen-bond acceptors (Lipinski definition) is 2. The zero-order valence-corrected chi connectivity index (χ0v) is 32.4. The average Bonchev–Trinajstić information content (AvgIpc) is 3.08. The fourth-order valence-corrected chi connectivity index (χ4v) is 7.62. The zero-order chi connectivity index (χ0) is 33.9. The van der Waals surface area contributed by atoms with Crippen molar-refractivity contribution in [2.24, 2.45) is 0 Å². The number of nitriles is 1. The number of nitrogens with zero attached hydrogens (tertiary/aromatic N) is 2. The van der Waals surface area contributed by atoms with Crippen molar-refractivity contribution in [1.29, 1.82) is 5.26 Å². The van der Waals surface area contributed by atoms with Gasteiger partial charge in [0.2, 0.25) is 0 Å². The first kappa shape index (κ1) is 43.7. The van der Waals surface area contributed by atoms with Gasteiger partial charge in [0.25, 0.3) is 0 Å². The van der Waals surface area contributed by atoms with Gasteiger partial charge >= 0.3 is 0 Å². The van der Waals surface area contributed by atoms with E-state index in [1.165, 1.54) is 230 Å². The van der Waals surface area contributed by atoms with Crippen LogP contribution in [0.15, 0.2) is 12.3 Å². The largest absolute Gasteiger partial charge is 0.245 e. The average molecular weight is 651 g/mol. The van der Waals surface area contributed by atoms with Gasteiger partial charge in [0.15, 0.2) is 0 Å². The van der Waals surface area contributed by atoms with Gasteiger partial charge in [-0.3, -0.25) is 0 Å². The Morgan fingerprint density at radius 3 is 1.02 bits per heavy atom. The summed E-state index contributed by atoms with van der Waals surface area (Å²) < 4.78 is 0. The second-order valence-corrected chi connectivity index (χ2v) is 15.2. The Kier molecular flexibility index (Phi) is 32.1. The molecule has 1 rings (SSSR count). The lowest BCUT2D eigenvalue weighted by atomic mass is 9.86. The van der Waals surface area contributed by atoms with Crippen LogP contribution >= 0.6 is 0 Å². The summed E-state index contributed by atoms with van der Waals surface area (Å²) in [4.78, 5) is 4.30. The summed E-state index contributed by atoms with van der Waals surface area (Å²) in [6, 6.07) is 4.49. The molecule has 0 amide bonds. The van der Waals surface area contributed by atoms with Gasteiger partial charge in [-0.1, -0.05) is 226 Å². The molecule has 0 aliphatic rings. The molecule has 1 atom stereocenters. The molecule has 0 N–H and O–H groups in total. The Hall–Kier alpha value is -1.36. The first-order valence-corrected chi connectivity index (χ1v) is 21.6. The molecule has 0 bridgehead atoms. The highest BCUT2D eigenvalue weighted by molar-refractivity contribution is 5.38. The van der Waals surface area contributed by atoms with Gasteiger partial charge in [0.1, 0.15) is 11.8 Å². The third-order valence-corrected chi connectivity index (χ3v) is 10.9. The van der Waals surface area contributed by atoms with Crippen molar-refractivity contribution in [3.05, 3.63) is 29.1 Å². The maximum Gasteiger partial charge on any atom is 0.143 e. The number of pyridine rings is 1. The van der Waals surface area contributed by atoms with Crippen LogP contribution in [-0.2, 0) is 0 Å². The third kappa shape index (κ3) is 26.2. The number of rotatable bonds is 36. The summed E-state index contributed by atoms with van der Waals surface area (Å²) in [7, 11) is 0. The van der Waals surface area contributed by atoms with Gasteiger partial charge in [0.05, 0.1) is 0 Å². The molecule has 1 aromatic heterocycles. The predicted octanol–water partition coefficient (Wildman–Crippen LogP) is 16.0. The minimum atomic E-state index is 0.593. The van der Waals surface area contributed by atoms with Crippen LogP contribution in [-0.4, -0.2) is 4.98 Å².